The zero-order chi connectivity index (χ0) is 61.6. The summed E-state index contributed by atoms with van der Waals surface area (Å²) in [4.78, 5) is 149. The third kappa shape index (κ3) is 25.3. The van der Waals surface area contributed by atoms with Gasteiger partial charge in [0.2, 0.25) is 53.2 Å². The van der Waals surface area contributed by atoms with Gasteiger partial charge < -0.3 is 96.8 Å². The average Bonchev–Trinajstić information content (AvgIpc) is 3.98. The number of amides is 9. The average molecular weight is 1160 g/mol. The molecule has 0 saturated carbocycles. The van der Waals surface area contributed by atoms with Crippen LogP contribution in [0.15, 0.2) is 52.8 Å². The van der Waals surface area contributed by atoms with Gasteiger partial charge in [-0.1, -0.05) is 63.9 Å². The molecule has 456 valence electrons. The largest absolute Gasteiger partial charge is 0.480 e. The molecular formula is C51H84N18O13. The second kappa shape index (κ2) is 36.0. The van der Waals surface area contributed by atoms with Gasteiger partial charge in [0.25, 0.3) is 0 Å². The van der Waals surface area contributed by atoms with Crippen molar-refractivity contribution in [3.8, 4) is 0 Å². The summed E-state index contributed by atoms with van der Waals surface area (Å²) < 4.78 is 0. The molecule has 0 aliphatic heterocycles. The van der Waals surface area contributed by atoms with Gasteiger partial charge >= 0.3 is 5.97 Å². The molecule has 0 bridgehead atoms. The van der Waals surface area contributed by atoms with Crippen molar-refractivity contribution in [1.29, 1.82) is 0 Å². The van der Waals surface area contributed by atoms with Crippen molar-refractivity contribution in [3.05, 3.63) is 54.1 Å². The van der Waals surface area contributed by atoms with Crippen LogP contribution in [0.1, 0.15) is 97.7 Å². The number of carbonyl (C=O) groups is 10. The number of nitrogens with zero attached hydrogens (tertiary/aromatic N) is 3. The molecule has 1 aromatic carbocycles. The molecule has 0 aliphatic carbocycles. The lowest BCUT2D eigenvalue weighted by molar-refractivity contribution is -0.143. The summed E-state index contributed by atoms with van der Waals surface area (Å²) in [6.07, 6.45) is 0.532. The molecule has 2 aromatic rings. The minimum Gasteiger partial charge on any atom is -0.480 e. The Hall–Kier alpha value is -8.45. The second-order valence-electron chi connectivity index (χ2n) is 19.7. The number of rotatable bonds is 37. The molecule has 31 heteroatoms. The number of guanidine groups is 2. The Balaban J connectivity index is 2.30. The second-order valence-corrected chi connectivity index (χ2v) is 19.7. The predicted molar refractivity (Wildman–Crippen MR) is 300 cm³/mol. The molecule has 12 atom stereocenters. The third-order valence-corrected chi connectivity index (χ3v) is 12.7. The topological polar surface area (TPSA) is 523 Å². The van der Waals surface area contributed by atoms with E-state index in [0.717, 1.165) is 13.8 Å². The van der Waals surface area contributed by atoms with Gasteiger partial charge in [-0.2, -0.15) is 0 Å². The molecule has 0 saturated heterocycles. The highest BCUT2D eigenvalue weighted by Crippen LogP contribution is 2.12. The first kappa shape index (κ1) is 69.7. The van der Waals surface area contributed by atoms with Gasteiger partial charge in [0, 0.05) is 37.8 Å². The normalized spacial score (nSPS) is 15.4. The number of hydrogen-bond donors (Lipinski definition) is 18. The van der Waals surface area contributed by atoms with E-state index >= 15 is 0 Å². The lowest BCUT2D eigenvalue weighted by atomic mass is 9.97. The van der Waals surface area contributed by atoms with Crippen molar-refractivity contribution in [3.63, 3.8) is 0 Å². The maximum Gasteiger partial charge on any atom is 0.326 e. The fourth-order valence-electron chi connectivity index (χ4n) is 7.86. The third-order valence-electron chi connectivity index (χ3n) is 12.7. The Morgan fingerprint density at radius 3 is 1.65 bits per heavy atom. The van der Waals surface area contributed by atoms with Crippen LogP contribution < -0.4 is 76.5 Å². The molecule has 1 unspecified atom stereocenters. The standard InChI is InChI=1S/C51H84N18O13/c1-7-14-34(49(81)82)64-47(79)38(26(3)8-2)67-43(75)33(18-13-20-59-51(55)56)63-37(72)24-60-46(78)39(28(5)70)69-48(80)40(29(6)71)68-45(77)36(22-31-23-57-25-61-31)66-44(76)35(21-30-15-10-9-11-16-30)65-41(73)27(4)62-42(74)32(52)17-12-19-58-50(53)54/h9-11,15-16,23,25-29,32-36,38-40,70-71H,7-8,12-14,17-22,24,52H2,1-6H3,(H,57,61)(H,60,78)(H,62,74)(H,63,72)(H,64,79)(H,65,73)(H,66,76)(H,67,75)(H,68,77)(H,69,80)(H,81,82)(H4,53,54,58)(H4,55,56,59)/t26?,27-,28+,29+,32-,33-,34-,35+,36-,38-,39-,40-/m0/s1. The lowest BCUT2D eigenvalue weighted by Gasteiger charge is -2.28. The Labute approximate surface area is 475 Å². The van der Waals surface area contributed by atoms with Crippen LogP contribution in [0.4, 0.5) is 0 Å². The quantitative estimate of drug-likeness (QED) is 0.0170. The number of carboxylic acid groups (broad SMARTS) is 1. The van der Waals surface area contributed by atoms with E-state index in [9.17, 15) is 63.3 Å². The summed E-state index contributed by atoms with van der Waals surface area (Å²) in [6, 6.07) is -4.08. The van der Waals surface area contributed by atoms with Gasteiger partial charge in [0.15, 0.2) is 11.9 Å². The maximum atomic E-state index is 14.2. The number of carboxylic acids is 1. The molecule has 2 rings (SSSR count). The fourth-order valence-corrected chi connectivity index (χ4v) is 7.86. The van der Waals surface area contributed by atoms with Gasteiger partial charge in [-0.05, 0) is 64.4 Å². The molecule has 9 amide bonds. The summed E-state index contributed by atoms with van der Waals surface area (Å²) in [6.45, 7) is 8.24. The summed E-state index contributed by atoms with van der Waals surface area (Å²) in [7, 11) is 0. The van der Waals surface area contributed by atoms with Crippen LogP contribution in [0.2, 0.25) is 0 Å². The van der Waals surface area contributed by atoms with Crippen LogP contribution in [0.5, 0.6) is 0 Å². The summed E-state index contributed by atoms with van der Waals surface area (Å²) in [5, 5.41) is 53.3. The van der Waals surface area contributed by atoms with E-state index in [1.54, 1.807) is 51.1 Å². The van der Waals surface area contributed by atoms with Crippen LogP contribution in [0.3, 0.4) is 0 Å². The fraction of sp³-hybridized carbons (Fsp3) is 0.588. The van der Waals surface area contributed by atoms with E-state index in [-0.39, 0.29) is 63.5 Å². The number of hydrogen-bond acceptors (Lipinski definition) is 16. The van der Waals surface area contributed by atoms with E-state index in [1.807, 2.05) is 0 Å². The molecule has 0 spiro atoms. The van der Waals surface area contributed by atoms with Crippen LogP contribution in [-0.4, -0.2) is 183 Å². The number of H-pyrrole nitrogens is 1. The van der Waals surface area contributed by atoms with Crippen molar-refractivity contribution in [2.45, 2.75) is 166 Å². The molecule has 82 heavy (non-hydrogen) atoms. The number of nitrogens with two attached hydrogens (primary N) is 5. The van der Waals surface area contributed by atoms with Crippen molar-refractivity contribution in [2.75, 3.05) is 19.6 Å². The number of aliphatic imine (C=N–C) groups is 2. The number of aliphatic hydroxyl groups is 2. The first-order valence-corrected chi connectivity index (χ1v) is 26.8. The van der Waals surface area contributed by atoms with Gasteiger partial charge in [-0.15, -0.1) is 0 Å². The number of aliphatic hydroxyl groups excluding tert-OH is 2. The Morgan fingerprint density at radius 2 is 1.10 bits per heavy atom. The van der Waals surface area contributed by atoms with Gasteiger partial charge in [-0.25, -0.2) is 9.78 Å². The zero-order valence-corrected chi connectivity index (χ0v) is 47.1. The molecule has 0 radical (unpaired) electrons. The van der Waals surface area contributed by atoms with Crippen LogP contribution in [0.25, 0.3) is 0 Å². The number of aromatic amines is 1. The maximum absolute atomic E-state index is 14.2. The minimum atomic E-state index is -1.85. The molecule has 23 N–H and O–H groups in total. The summed E-state index contributed by atoms with van der Waals surface area (Å²) in [5.74, 6) is -10.3. The van der Waals surface area contributed by atoms with Gasteiger partial charge in [0.05, 0.1) is 31.1 Å². The van der Waals surface area contributed by atoms with Crippen LogP contribution >= 0.6 is 0 Å². The predicted octanol–water partition coefficient (Wildman–Crippen LogP) is -5.66. The number of aliphatic carboxylic acids is 1. The number of nitrogens with one attached hydrogen (secondary N) is 10. The Bertz CT molecular complexity index is 2470. The lowest BCUT2D eigenvalue weighted by Crippen LogP contribution is -2.63. The molecule has 31 nitrogen and oxygen atoms in total. The molecule has 0 aliphatic rings. The minimum absolute atomic E-state index is 0.0367. The zero-order valence-electron chi connectivity index (χ0n) is 47.1. The highest BCUT2D eigenvalue weighted by atomic mass is 16.4. The molecular weight excluding hydrogens is 1070 g/mol. The van der Waals surface area contributed by atoms with Crippen molar-refractivity contribution >= 4 is 71.1 Å². The van der Waals surface area contributed by atoms with E-state index in [1.165, 1.54) is 19.4 Å². The molecule has 1 aromatic heterocycles. The van der Waals surface area contributed by atoms with Crippen LogP contribution in [-0.2, 0) is 60.8 Å². The first-order valence-electron chi connectivity index (χ1n) is 26.8. The summed E-state index contributed by atoms with van der Waals surface area (Å²) >= 11 is 0. The van der Waals surface area contributed by atoms with E-state index < -0.39 is 138 Å². The highest BCUT2D eigenvalue weighted by molar-refractivity contribution is 5.98. The van der Waals surface area contributed by atoms with Gasteiger partial charge in [0.1, 0.15) is 48.3 Å². The Morgan fingerprint density at radius 1 is 0.585 bits per heavy atom. The highest BCUT2D eigenvalue weighted by Gasteiger charge is 2.37. The molecule has 0 fully saturated rings. The van der Waals surface area contributed by atoms with Crippen molar-refractivity contribution < 1.29 is 63.3 Å². The number of imidazole rings is 1. The first-order chi connectivity index (χ1) is 38.7. The van der Waals surface area contributed by atoms with E-state index in [4.69, 9.17) is 28.7 Å². The SMILES string of the molecule is CCC[C@H](NC(=O)[C@@H](NC(=O)[C@H](CCCN=C(N)N)NC(=O)CNC(=O)[C@@H](NC(=O)[C@@H](NC(=O)[C@H](Cc1cnc[nH]1)NC(=O)[C@@H](Cc1ccccc1)NC(=O)[C@H](C)NC(=O)[C@@H](N)CCCN=C(N)N)[C@@H](C)O)[C@@H](C)O)C(C)CC)C(=O)O. The van der Waals surface area contributed by atoms with Crippen molar-refractivity contribution in [1.82, 2.24) is 57.8 Å². The summed E-state index contributed by atoms with van der Waals surface area (Å²) in [5.41, 5.74) is 28.5. The monoisotopic (exact) mass is 1160 g/mol. The number of aromatic nitrogens is 2. The smallest absolute Gasteiger partial charge is 0.326 e. The van der Waals surface area contributed by atoms with Gasteiger partial charge in [-0.3, -0.25) is 53.1 Å². The number of carbonyl (C=O) groups excluding carboxylic acids is 9. The van der Waals surface area contributed by atoms with E-state index in [0.29, 0.717) is 30.5 Å². The molecule has 1 heterocycles. The van der Waals surface area contributed by atoms with E-state index in [2.05, 4.69) is 67.8 Å². The number of benzene rings is 1. The Kier molecular flexibility index (Phi) is 30.6. The van der Waals surface area contributed by atoms with Crippen molar-refractivity contribution in [2.24, 2.45) is 44.6 Å². The van der Waals surface area contributed by atoms with Crippen LogP contribution in [0, 0.1) is 5.92 Å².